The number of nitrogens with zero attached hydrogens (tertiary/aromatic N) is 1. The van der Waals surface area contributed by atoms with Gasteiger partial charge in [0.1, 0.15) is 11.5 Å². The Labute approximate surface area is 169 Å². The average molecular weight is 407 g/mol. The Morgan fingerprint density at radius 3 is 2.38 bits per heavy atom. The van der Waals surface area contributed by atoms with Crippen molar-refractivity contribution in [3.05, 3.63) is 59.7 Å². The van der Waals surface area contributed by atoms with Crippen LogP contribution in [0.5, 0.6) is 11.5 Å². The maximum Gasteiger partial charge on any atom is 0.387 e. The predicted octanol–water partition coefficient (Wildman–Crippen LogP) is 3.44. The Hall–Kier alpha value is -2.87. The molecule has 0 saturated carbocycles. The van der Waals surface area contributed by atoms with E-state index in [1.807, 2.05) is 43.3 Å². The predicted molar refractivity (Wildman–Crippen MR) is 108 cm³/mol. The zero-order valence-electron chi connectivity index (χ0n) is 16.8. The Balaban J connectivity index is 1.81. The highest BCUT2D eigenvalue weighted by Gasteiger charge is 2.18. The Kier molecular flexibility index (Phi) is 8.67. The number of urea groups is 1. The maximum absolute atomic E-state index is 12.2. The number of likely N-dealkylation sites (N-methyl/N-ethyl adjacent to an activating group) is 1. The van der Waals surface area contributed by atoms with Gasteiger partial charge in [-0.3, -0.25) is 0 Å². The number of methoxy groups -OCH3 is 1. The number of carbonyl (C=O) groups is 1. The van der Waals surface area contributed by atoms with Crippen LogP contribution in [0, 0.1) is 0 Å². The highest BCUT2D eigenvalue weighted by molar-refractivity contribution is 5.73. The molecular weight excluding hydrogens is 380 g/mol. The fourth-order valence-corrected chi connectivity index (χ4v) is 2.92. The van der Waals surface area contributed by atoms with E-state index < -0.39 is 6.61 Å². The van der Waals surface area contributed by atoms with Crippen molar-refractivity contribution in [1.82, 2.24) is 15.5 Å². The zero-order chi connectivity index (χ0) is 21.2. The van der Waals surface area contributed by atoms with E-state index in [-0.39, 0.29) is 17.8 Å². The number of amides is 2. The van der Waals surface area contributed by atoms with Crippen molar-refractivity contribution in [3.8, 4) is 11.5 Å². The van der Waals surface area contributed by atoms with Gasteiger partial charge in [-0.05, 0) is 44.3 Å². The first-order valence-corrected chi connectivity index (χ1v) is 9.25. The summed E-state index contributed by atoms with van der Waals surface area (Å²) in [7, 11) is 5.51. The molecule has 0 radical (unpaired) electrons. The SMILES string of the molecule is COc1ccccc1C(CNC(=O)NCCc1ccc(OC(F)F)cc1)N(C)C. The summed E-state index contributed by atoms with van der Waals surface area (Å²) in [6.07, 6.45) is 0.575. The maximum atomic E-state index is 12.2. The fourth-order valence-electron chi connectivity index (χ4n) is 2.92. The van der Waals surface area contributed by atoms with Crippen LogP contribution in [0.4, 0.5) is 13.6 Å². The highest BCUT2D eigenvalue weighted by Crippen LogP contribution is 2.27. The van der Waals surface area contributed by atoms with E-state index in [0.717, 1.165) is 16.9 Å². The lowest BCUT2D eigenvalue weighted by atomic mass is 10.0. The third-order valence-corrected chi connectivity index (χ3v) is 4.42. The van der Waals surface area contributed by atoms with Gasteiger partial charge in [-0.2, -0.15) is 8.78 Å². The smallest absolute Gasteiger partial charge is 0.387 e. The van der Waals surface area contributed by atoms with Crippen molar-refractivity contribution < 1.29 is 23.0 Å². The van der Waals surface area contributed by atoms with E-state index in [9.17, 15) is 13.6 Å². The molecule has 0 saturated heterocycles. The molecule has 2 aromatic rings. The number of alkyl halides is 2. The molecule has 0 aliphatic heterocycles. The third kappa shape index (κ3) is 7.23. The average Bonchev–Trinajstić information content (AvgIpc) is 2.69. The molecule has 2 amide bonds. The van der Waals surface area contributed by atoms with Crippen molar-refractivity contribution >= 4 is 6.03 Å². The lowest BCUT2D eigenvalue weighted by Crippen LogP contribution is -2.41. The van der Waals surface area contributed by atoms with Gasteiger partial charge in [0, 0.05) is 18.7 Å². The number of hydrogen-bond donors (Lipinski definition) is 2. The van der Waals surface area contributed by atoms with Crippen LogP contribution in [0.2, 0.25) is 0 Å². The van der Waals surface area contributed by atoms with Gasteiger partial charge in [-0.15, -0.1) is 0 Å². The molecule has 2 rings (SSSR count). The summed E-state index contributed by atoms with van der Waals surface area (Å²) in [4.78, 5) is 14.2. The van der Waals surface area contributed by atoms with E-state index >= 15 is 0 Å². The standard InChI is InChI=1S/C21H27F2N3O3/c1-26(2)18(17-6-4-5-7-19(17)28-3)14-25-21(27)24-13-12-15-8-10-16(11-9-15)29-20(22)23/h4-11,18,20H,12-14H2,1-3H3,(H2,24,25,27). The number of ether oxygens (including phenoxy) is 2. The number of para-hydroxylation sites is 1. The Morgan fingerprint density at radius 2 is 1.76 bits per heavy atom. The minimum absolute atomic E-state index is 0.0423. The summed E-state index contributed by atoms with van der Waals surface area (Å²) in [6.45, 7) is -2.01. The number of rotatable bonds is 10. The number of benzene rings is 2. The Bertz CT molecular complexity index is 770. The molecule has 0 spiro atoms. The minimum atomic E-state index is -2.84. The van der Waals surface area contributed by atoms with E-state index in [0.29, 0.717) is 19.5 Å². The third-order valence-electron chi connectivity index (χ3n) is 4.42. The van der Waals surface area contributed by atoms with E-state index in [1.54, 1.807) is 19.2 Å². The van der Waals surface area contributed by atoms with Crippen LogP contribution in [0.25, 0.3) is 0 Å². The summed E-state index contributed by atoms with van der Waals surface area (Å²) in [5, 5.41) is 5.68. The van der Waals surface area contributed by atoms with Crippen molar-refractivity contribution in [3.63, 3.8) is 0 Å². The lowest BCUT2D eigenvalue weighted by Gasteiger charge is -2.26. The van der Waals surface area contributed by atoms with Crippen LogP contribution in [0.1, 0.15) is 17.2 Å². The molecule has 0 aliphatic rings. The fraction of sp³-hybridized carbons (Fsp3) is 0.381. The molecule has 1 unspecified atom stereocenters. The summed E-state index contributed by atoms with van der Waals surface area (Å²) in [5.41, 5.74) is 1.90. The first-order valence-electron chi connectivity index (χ1n) is 9.25. The largest absolute Gasteiger partial charge is 0.496 e. The molecular formula is C21H27F2N3O3. The number of halogens is 2. The van der Waals surface area contributed by atoms with Crippen LogP contribution in [0.15, 0.2) is 48.5 Å². The summed E-state index contributed by atoms with van der Waals surface area (Å²) in [5.74, 6) is 0.883. The van der Waals surface area contributed by atoms with Crippen molar-refractivity contribution in [2.75, 3.05) is 34.3 Å². The highest BCUT2D eigenvalue weighted by atomic mass is 19.3. The summed E-state index contributed by atoms with van der Waals surface area (Å²) >= 11 is 0. The second kappa shape index (κ2) is 11.2. The van der Waals surface area contributed by atoms with E-state index in [2.05, 4.69) is 15.4 Å². The van der Waals surface area contributed by atoms with Crippen LogP contribution in [-0.2, 0) is 6.42 Å². The van der Waals surface area contributed by atoms with Gasteiger partial charge in [-0.1, -0.05) is 30.3 Å². The second-order valence-corrected chi connectivity index (χ2v) is 6.63. The van der Waals surface area contributed by atoms with Crippen molar-refractivity contribution in [2.24, 2.45) is 0 Å². The molecule has 2 N–H and O–H groups in total. The van der Waals surface area contributed by atoms with Gasteiger partial charge in [0.25, 0.3) is 0 Å². The normalized spacial score (nSPS) is 12.0. The molecule has 6 nitrogen and oxygen atoms in total. The quantitative estimate of drug-likeness (QED) is 0.633. The number of carbonyl (C=O) groups excluding carboxylic acids is 1. The number of nitrogens with one attached hydrogen (secondary N) is 2. The molecule has 0 aromatic heterocycles. The monoisotopic (exact) mass is 407 g/mol. The van der Waals surface area contributed by atoms with E-state index in [1.165, 1.54) is 12.1 Å². The van der Waals surface area contributed by atoms with Gasteiger partial charge < -0.3 is 25.0 Å². The van der Waals surface area contributed by atoms with Gasteiger partial charge in [0.05, 0.1) is 13.2 Å². The molecule has 0 heterocycles. The first kappa shape index (κ1) is 22.4. The molecule has 0 aliphatic carbocycles. The molecule has 2 aromatic carbocycles. The number of hydrogen-bond acceptors (Lipinski definition) is 4. The van der Waals surface area contributed by atoms with Gasteiger partial charge in [-0.25, -0.2) is 4.79 Å². The first-order chi connectivity index (χ1) is 13.9. The van der Waals surface area contributed by atoms with Crippen LogP contribution < -0.4 is 20.1 Å². The Morgan fingerprint density at radius 1 is 1.07 bits per heavy atom. The molecule has 0 fully saturated rings. The zero-order valence-corrected chi connectivity index (χ0v) is 16.8. The van der Waals surface area contributed by atoms with Crippen molar-refractivity contribution in [1.29, 1.82) is 0 Å². The molecule has 158 valence electrons. The molecule has 1 atom stereocenters. The molecule has 0 bridgehead atoms. The van der Waals surface area contributed by atoms with Crippen molar-refractivity contribution in [2.45, 2.75) is 19.1 Å². The minimum Gasteiger partial charge on any atom is -0.496 e. The summed E-state index contributed by atoms with van der Waals surface area (Å²) < 4.78 is 34.0. The van der Waals surface area contributed by atoms with Gasteiger partial charge >= 0.3 is 12.6 Å². The van der Waals surface area contributed by atoms with E-state index in [4.69, 9.17) is 4.74 Å². The summed E-state index contributed by atoms with van der Waals surface area (Å²) in [6, 6.07) is 13.7. The van der Waals surface area contributed by atoms with Gasteiger partial charge in [0.15, 0.2) is 0 Å². The lowest BCUT2D eigenvalue weighted by molar-refractivity contribution is -0.0498. The van der Waals surface area contributed by atoms with Crippen LogP contribution in [-0.4, -0.2) is 51.8 Å². The molecule has 29 heavy (non-hydrogen) atoms. The van der Waals surface area contributed by atoms with Crippen LogP contribution in [0.3, 0.4) is 0 Å². The van der Waals surface area contributed by atoms with Crippen LogP contribution >= 0.6 is 0 Å². The topological polar surface area (TPSA) is 62.8 Å². The molecule has 8 heteroatoms. The second-order valence-electron chi connectivity index (χ2n) is 6.63. The van der Waals surface area contributed by atoms with Gasteiger partial charge in [0.2, 0.25) is 0 Å².